The summed E-state index contributed by atoms with van der Waals surface area (Å²) in [6.45, 7) is 5.06. The monoisotopic (exact) mass is 199 g/mol. The van der Waals surface area contributed by atoms with Crippen molar-refractivity contribution < 1.29 is 9.53 Å². The number of nitrogens with one attached hydrogen (secondary N) is 1. The van der Waals surface area contributed by atoms with E-state index in [1.54, 1.807) is 0 Å². The highest BCUT2D eigenvalue weighted by atomic mass is 16.5. The van der Waals surface area contributed by atoms with Crippen LogP contribution in [-0.4, -0.2) is 25.7 Å². The summed E-state index contributed by atoms with van der Waals surface area (Å²) in [4.78, 5) is 11.1. The van der Waals surface area contributed by atoms with E-state index in [0.717, 1.165) is 6.54 Å². The van der Waals surface area contributed by atoms with Crippen LogP contribution in [0.2, 0.25) is 0 Å². The molecule has 0 heterocycles. The summed E-state index contributed by atoms with van der Waals surface area (Å²) in [5.41, 5.74) is 0.391. The molecular weight excluding hydrogens is 178 g/mol. The Balaban J connectivity index is 2.28. The summed E-state index contributed by atoms with van der Waals surface area (Å²) >= 11 is 0. The van der Waals surface area contributed by atoms with Crippen molar-refractivity contribution >= 4 is 5.97 Å². The van der Waals surface area contributed by atoms with Crippen LogP contribution in [0.4, 0.5) is 0 Å². The van der Waals surface area contributed by atoms with Gasteiger partial charge in [0.15, 0.2) is 0 Å². The largest absolute Gasteiger partial charge is 0.468 e. The van der Waals surface area contributed by atoms with Crippen molar-refractivity contribution in [3.8, 4) is 0 Å². The zero-order valence-electron chi connectivity index (χ0n) is 9.43. The Bertz CT molecular complexity index is 197. The van der Waals surface area contributed by atoms with Gasteiger partial charge in [0.2, 0.25) is 0 Å². The van der Waals surface area contributed by atoms with E-state index >= 15 is 0 Å². The van der Waals surface area contributed by atoms with Gasteiger partial charge in [0.05, 0.1) is 7.11 Å². The van der Waals surface area contributed by atoms with Gasteiger partial charge in [-0.25, -0.2) is 0 Å². The summed E-state index contributed by atoms with van der Waals surface area (Å²) in [6.07, 6.45) is 5.19. The van der Waals surface area contributed by atoms with E-state index in [0.29, 0.717) is 5.41 Å². The van der Waals surface area contributed by atoms with Crippen molar-refractivity contribution in [3.05, 3.63) is 0 Å². The average molecular weight is 199 g/mol. The first-order valence-corrected chi connectivity index (χ1v) is 5.39. The maximum Gasteiger partial charge on any atom is 0.322 e. The lowest BCUT2D eigenvalue weighted by Gasteiger charge is -2.25. The first kappa shape index (κ1) is 11.5. The van der Waals surface area contributed by atoms with Gasteiger partial charge >= 0.3 is 5.97 Å². The second kappa shape index (κ2) is 4.78. The third-order valence-electron chi connectivity index (χ3n) is 3.20. The molecule has 0 aliphatic heterocycles. The molecule has 0 aromatic rings. The molecule has 1 saturated carbocycles. The number of esters is 1. The molecule has 3 nitrogen and oxygen atoms in total. The Hall–Kier alpha value is -0.570. The maximum absolute atomic E-state index is 11.1. The van der Waals surface area contributed by atoms with Gasteiger partial charge in [0.25, 0.3) is 0 Å². The van der Waals surface area contributed by atoms with E-state index in [4.69, 9.17) is 0 Å². The van der Waals surface area contributed by atoms with Gasteiger partial charge in [0, 0.05) is 6.54 Å². The van der Waals surface area contributed by atoms with E-state index in [1.807, 2.05) is 6.92 Å². The first-order chi connectivity index (χ1) is 6.57. The summed E-state index contributed by atoms with van der Waals surface area (Å²) in [5.74, 6) is -0.174. The number of hydrogen-bond acceptors (Lipinski definition) is 3. The number of carbonyl (C=O) groups excluding carboxylic acids is 1. The van der Waals surface area contributed by atoms with Crippen LogP contribution in [-0.2, 0) is 9.53 Å². The van der Waals surface area contributed by atoms with E-state index in [9.17, 15) is 4.79 Å². The third kappa shape index (κ3) is 2.98. The smallest absolute Gasteiger partial charge is 0.322 e. The fraction of sp³-hybridized carbons (Fsp3) is 0.909. The average Bonchev–Trinajstić information content (AvgIpc) is 2.61. The summed E-state index contributed by atoms with van der Waals surface area (Å²) in [6, 6.07) is -0.183. The highest BCUT2D eigenvalue weighted by Crippen LogP contribution is 2.36. The molecular formula is C11H21NO2. The number of carbonyl (C=O) groups is 1. The van der Waals surface area contributed by atoms with Crippen molar-refractivity contribution in [1.29, 1.82) is 0 Å². The molecule has 1 N–H and O–H groups in total. The third-order valence-corrected chi connectivity index (χ3v) is 3.20. The Morgan fingerprint density at radius 3 is 2.57 bits per heavy atom. The molecule has 0 aromatic heterocycles. The lowest BCUT2D eigenvalue weighted by molar-refractivity contribution is -0.142. The highest BCUT2D eigenvalue weighted by molar-refractivity contribution is 5.75. The number of ether oxygens (including phenoxy) is 1. The van der Waals surface area contributed by atoms with Crippen LogP contribution in [0, 0.1) is 5.41 Å². The summed E-state index contributed by atoms with van der Waals surface area (Å²) < 4.78 is 4.66. The lowest BCUT2D eigenvalue weighted by atomic mass is 9.89. The Labute approximate surface area is 86.2 Å². The van der Waals surface area contributed by atoms with Crippen molar-refractivity contribution in [2.45, 2.75) is 45.6 Å². The molecule has 82 valence electrons. The molecule has 1 unspecified atom stereocenters. The molecule has 14 heavy (non-hydrogen) atoms. The van der Waals surface area contributed by atoms with Crippen molar-refractivity contribution in [3.63, 3.8) is 0 Å². The predicted octanol–water partition coefficient (Wildman–Crippen LogP) is 1.72. The van der Waals surface area contributed by atoms with E-state index in [1.165, 1.54) is 32.8 Å². The second-order valence-corrected chi connectivity index (χ2v) is 4.64. The molecule has 0 amide bonds. The standard InChI is InChI=1S/C11H21NO2/c1-9(10(13)14-3)12-8-11(2)6-4-5-7-11/h9,12H,4-8H2,1-3H3. The van der Waals surface area contributed by atoms with Crippen LogP contribution in [0.1, 0.15) is 39.5 Å². The highest BCUT2D eigenvalue weighted by Gasteiger charge is 2.29. The first-order valence-electron chi connectivity index (χ1n) is 5.39. The molecule has 1 fully saturated rings. The zero-order chi connectivity index (χ0) is 10.6. The number of rotatable bonds is 4. The minimum Gasteiger partial charge on any atom is -0.468 e. The van der Waals surface area contributed by atoms with Crippen LogP contribution in [0.3, 0.4) is 0 Å². The van der Waals surface area contributed by atoms with E-state index < -0.39 is 0 Å². The SMILES string of the molecule is COC(=O)C(C)NCC1(C)CCCC1. The van der Waals surface area contributed by atoms with Crippen molar-refractivity contribution in [2.75, 3.05) is 13.7 Å². The zero-order valence-corrected chi connectivity index (χ0v) is 9.43. The van der Waals surface area contributed by atoms with Gasteiger partial charge in [-0.15, -0.1) is 0 Å². The predicted molar refractivity (Wildman–Crippen MR) is 56.1 cm³/mol. The topological polar surface area (TPSA) is 38.3 Å². The van der Waals surface area contributed by atoms with E-state index in [-0.39, 0.29) is 12.0 Å². The number of hydrogen-bond donors (Lipinski definition) is 1. The minimum absolute atomic E-state index is 0.174. The number of methoxy groups -OCH3 is 1. The molecule has 1 aliphatic rings. The fourth-order valence-electron chi connectivity index (χ4n) is 2.06. The molecule has 1 atom stereocenters. The van der Waals surface area contributed by atoms with Crippen molar-refractivity contribution in [2.24, 2.45) is 5.41 Å². The van der Waals surface area contributed by atoms with Crippen LogP contribution >= 0.6 is 0 Å². The molecule has 0 saturated heterocycles. The second-order valence-electron chi connectivity index (χ2n) is 4.64. The molecule has 1 aliphatic carbocycles. The van der Waals surface area contributed by atoms with Crippen LogP contribution in [0.15, 0.2) is 0 Å². The summed E-state index contributed by atoms with van der Waals surface area (Å²) in [5, 5.41) is 3.24. The lowest BCUT2D eigenvalue weighted by Crippen LogP contribution is -2.40. The molecule has 3 heteroatoms. The van der Waals surface area contributed by atoms with Gasteiger partial charge in [-0.05, 0) is 25.2 Å². The van der Waals surface area contributed by atoms with Crippen molar-refractivity contribution in [1.82, 2.24) is 5.32 Å². The van der Waals surface area contributed by atoms with Gasteiger partial charge in [-0.1, -0.05) is 19.8 Å². The molecule has 0 bridgehead atoms. The van der Waals surface area contributed by atoms with Crippen LogP contribution in [0.25, 0.3) is 0 Å². The quantitative estimate of drug-likeness (QED) is 0.701. The molecule has 0 spiro atoms. The Morgan fingerprint density at radius 2 is 2.07 bits per heavy atom. The van der Waals surface area contributed by atoms with Gasteiger partial charge in [-0.3, -0.25) is 4.79 Å². The normalized spacial score (nSPS) is 21.9. The Morgan fingerprint density at radius 1 is 1.50 bits per heavy atom. The summed E-state index contributed by atoms with van der Waals surface area (Å²) in [7, 11) is 1.43. The van der Waals surface area contributed by atoms with Crippen LogP contribution in [0.5, 0.6) is 0 Å². The van der Waals surface area contributed by atoms with Gasteiger partial charge in [0.1, 0.15) is 6.04 Å². The van der Waals surface area contributed by atoms with Gasteiger partial charge in [-0.2, -0.15) is 0 Å². The molecule has 1 rings (SSSR count). The fourth-order valence-corrected chi connectivity index (χ4v) is 2.06. The molecule has 0 radical (unpaired) electrons. The minimum atomic E-state index is -0.183. The van der Waals surface area contributed by atoms with Gasteiger partial charge < -0.3 is 10.1 Å². The van der Waals surface area contributed by atoms with Crippen LogP contribution < -0.4 is 5.32 Å². The Kier molecular flexibility index (Phi) is 3.93. The maximum atomic E-state index is 11.1. The molecule has 0 aromatic carbocycles. The van der Waals surface area contributed by atoms with E-state index in [2.05, 4.69) is 17.0 Å².